The van der Waals surface area contributed by atoms with Gasteiger partial charge < -0.3 is 4.74 Å². The van der Waals surface area contributed by atoms with Gasteiger partial charge in [-0.05, 0) is 25.1 Å². The van der Waals surface area contributed by atoms with E-state index in [2.05, 4.69) is 9.97 Å². The Hall–Kier alpha value is -1.75. The van der Waals surface area contributed by atoms with Gasteiger partial charge in [0.15, 0.2) is 11.6 Å². The van der Waals surface area contributed by atoms with Gasteiger partial charge in [0.2, 0.25) is 0 Å². The first-order chi connectivity index (χ1) is 8.58. The van der Waals surface area contributed by atoms with Gasteiger partial charge in [-0.1, -0.05) is 0 Å². The smallest absolute Gasteiger partial charge is 0.322 e. The van der Waals surface area contributed by atoms with Crippen molar-refractivity contribution >= 4 is 11.6 Å². The molecule has 0 saturated heterocycles. The summed E-state index contributed by atoms with van der Waals surface area (Å²) >= 11 is 5.66. The van der Waals surface area contributed by atoms with E-state index in [0.29, 0.717) is 11.4 Å². The van der Waals surface area contributed by atoms with E-state index >= 15 is 0 Å². The molecule has 6 heteroatoms. The van der Waals surface area contributed by atoms with E-state index in [1.165, 1.54) is 6.07 Å². The zero-order chi connectivity index (χ0) is 13.1. The molecule has 3 nitrogen and oxygen atoms in total. The Balaban J connectivity index is 2.30. The molecular weight excluding hydrogens is 262 g/mol. The van der Waals surface area contributed by atoms with Crippen molar-refractivity contribution in [3.05, 3.63) is 47.3 Å². The molecule has 0 unspecified atom stereocenters. The highest BCUT2D eigenvalue weighted by molar-refractivity contribution is 6.16. The summed E-state index contributed by atoms with van der Waals surface area (Å²) in [6.45, 7) is 1.74. The van der Waals surface area contributed by atoms with E-state index in [9.17, 15) is 8.78 Å². The summed E-state index contributed by atoms with van der Waals surface area (Å²) in [4.78, 5) is 7.97. The highest BCUT2D eigenvalue weighted by Gasteiger charge is 2.09. The summed E-state index contributed by atoms with van der Waals surface area (Å²) < 4.78 is 31.3. The molecule has 0 fully saturated rings. The lowest BCUT2D eigenvalue weighted by Gasteiger charge is -2.06. The van der Waals surface area contributed by atoms with Crippen LogP contribution in [0.15, 0.2) is 24.3 Å². The standard InChI is InChI=1S/C12H9ClF2N2O/c1-7-4-9(6-13)17-12(16-7)18-11-3-2-8(14)5-10(11)15/h2-5H,6H2,1H3. The van der Waals surface area contributed by atoms with Gasteiger partial charge in [0.1, 0.15) is 5.82 Å². The summed E-state index contributed by atoms with van der Waals surface area (Å²) in [5.41, 5.74) is 1.22. The van der Waals surface area contributed by atoms with Crippen molar-refractivity contribution in [3.63, 3.8) is 0 Å². The Labute approximate surface area is 107 Å². The summed E-state index contributed by atoms with van der Waals surface area (Å²) in [6.07, 6.45) is 0. The first-order valence-electron chi connectivity index (χ1n) is 5.12. The van der Waals surface area contributed by atoms with Crippen molar-refractivity contribution in [2.75, 3.05) is 0 Å². The topological polar surface area (TPSA) is 35.0 Å². The lowest BCUT2D eigenvalue weighted by Crippen LogP contribution is -1.98. The van der Waals surface area contributed by atoms with Crippen molar-refractivity contribution < 1.29 is 13.5 Å². The summed E-state index contributed by atoms with van der Waals surface area (Å²) in [6, 6.07) is 4.68. The fourth-order valence-corrected chi connectivity index (χ4v) is 1.51. The zero-order valence-corrected chi connectivity index (χ0v) is 10.2. The van der Waals surface area contributed by atoms with Gasteiger partial charge in [-0.2, -0.15) is 4.98 Å². The van der Waals surface area contributed by atoms with Gasteiger partial charge in [-0.25, -0.2) is 13.8 Å². The second-order valence-corrected chi connectivity index (χ2v) is 3.86. The Kier molecular flexibility index (Phi) is 3.72. The van der Waals surface area contributed by atoms with Crippen LogP contribution in [0, 0.1) is 18.6 Å². The molecule has 0 atom stereocenters. The van der Waals surface area contributed by atoms with Crippen LogP contribution in [0.3, 0.4) is 0 Å². The average Bonchev–Trinajstić information content (AvgIpc) is 2.32. The highest BCUT2D eigenvalue weighted by atomic mass is 35.5. The van der Waals surface area contributed by atoms with E-state index in [4.69, 9.17) is 16.3 Å². The molecular formula is C12H9ClF2N2O. The van der Waals surface area contributed by atoms with E-state index < -0.39 is 11.6 Å². The molecule has 18 heavy (non-hydrogen) atoms. The predicted molar refractivity (Wildman–Crippen MR) is 62.8 cm³/mol. The lowest BCUT2D eigenvalue weighted by molar-refractivity contribution is 0.405. The number of hydrogen-bond acceptors (Lipinski definition) is 3. The van der Waals surface area contributed by atoms with E-state index in [0.717, 1.165) is 12.1 Å². The maximum absolute atomic E-state index is 13.4. The van der Waals surface area contributed by atoms with Crippen LogP contribution in [0.5, 0.6) is 11.8 Å². The largest absolute Gasteiger partial charge is 0.421 e. The van der Waals surface area contributed by atoms with Crippen LogP contribution >= 0.6 is 11.6 Å². The van der Waals surface area contributed by atoms with Gasteiger partial charge in [0, 0.05) is 11.8 Å². The highest BCUT2D eigenvalue weighted by Crippen LogP contribution is 2.23. The van der Waals surface area contributed by atoms with Crippen LogP contribution in [-0.4, -0.2) is 9.97 Å². The van der Waals surface area contributed by atoms with Crippen molar-refractivity contribution in [1.82, 2.24) is 9.97 Å². The number of alkyl halides is 1. The SMILES string of the molecule is Cc1cc(CCl)nc(Oc2ccc(F)cc2F)n1. The van der Waals surface area contributed by atoms with Crippen LogP contribution in [0.4, 0.5) is 8.78 Å². The van der Waals surface area contributed by atoms with Gasteiger partial charge in [-0.3, -0.25) is 0 Å². The lowest BCUT2D eigenvalue weighted by atomic mass is 10.3. The summed E-state index contributed by atoms with van der Waals surface area (Å²) in [7, 11) is 0. The van der Waals surface area contributed by atoms with E-state index in [-0.39, 0.29) is 17.6 Å². The van der Waals surface area contributed by atoms with Gasteiger partial charge >= 0.3 is 6.01 Å². The number of rotatable bonds is 3. The van der Waals surface area contributed by atoms with Crippen molar-refractivity contribution in [2.24, 2.45) is 0 Å². The average molecular weight is 271 g/mol. The Bertz CT molecular complexity index is 578. The Morgan fingerprint density at radius 2 is 2.00 bits per heavy atom. The zero-order valence-electron chi connectivity index (χ0n) is 9.45. The number of hydrogen-bond donors (Lipinski definition) is 0. The number of halogens is 3. The van der Waals surface area contributed by atoms with Gasteiger partial charge in [-0.15, -0.1) is 11.6 Å². The van der Waals surface area contributed by atoms with Crippen molar-refractivity contribution in [1.29, 1.82) is 0 Å². The minimum absolute atomic E-state index is 0.0174. The monoisotopic (exact) mass is 270 g/mol. The van der Waals surface area contributed by atoms with Crippen LogP contribution < -0.4 is 4.74 Å². The first-order valence-corrected chi connectivity index (χ1v) is 5.65. The molecule has 1 aromatic heterocycles. The Morgan fingerprint density at radius 1 is 1.22 bits per heavy atom. The van der Waals surface area contributed by atoms with E-state index in [1.54, 1.807) is 13.0 Å². The quantitative estimate of drug-likeness (QED) is 0.800. The van der Waals surface area contributed by atoms with E-state index in [1.807, 2.05) is 0 Å². The fraction of sp³-hybridized carbons (Fsp3) is 0.167. The molecule has 0 radical (unpaired) electrons. The molecule has 2 rings (SSSR count). The van der Waals surface area contributed by atoms with Crippen LogP contribution in [0.25, 0.3) is 0 Å². The third kappa shape index (κ3) is 2.92. The molecule has 0 bridgehead atoms. The fourth-order valence-electron chi connectivity index (χ4n) is 1.37. The Morgan fingerprint density at radius 3 is 2.67 bits per heavy atom. The number of aryl methyl sites for hydroxylation is 1. The third-order valence-corrected chi connectivity index (χ3v) is 2.39. The molecule has 1 aromatic carbocycles. The van der Waals surface area contributed by atoms with Crippen LogP contribution in [-0.2, 0) is 5.88 Å². The number of benzene rings is 1. The van der Waals surface area contributed by atoms with Crippen LogP contribution in [0.1, 0.15) is 11.4 Å². The minimum atomic E-state index is -0.812. The molecule has 0 amide bonds. The molecule has 0 aliphatic rings. The third-order valence-electron chi connectivity index (χ3n) is 2.12. The normalized spacial score (nSPS) is 10.4. The first kappa shape index (κ1) is 12.7. The molecule has 0 saturated carbocycles. The van der Waals surface area contributed by atoms with Crippen molar-refractivity contribution in [2.45, 2.75) is 12.8 Å². The van der Waals surface area contributed by atoms with Crippen molar-refractivity contribution in [3.8, 4) is 11.8 Å². The second kappa shape index (κ2) is 5.27. The molecule has 2 aromatic rings. The molecule has 0 aliphatic carbocycles. The van der Waals surface area contributed by atoms with Gasteiger partial charge in [0.05, 0.1) is 11.6 Å². The molecule has 0 spiro atoms. The molecule has 0 N–H and O–H groups in total. The van der Waals surface area contributed by atoms with Crippen LogP contribution in [0.2, 0.25) is 0 Å². The number of ether oxygens (including phenoxy) is 1. The van der Waals surface area contributed by atoms with Gasteiger partial charge in [0.25, 0.3) is 0 Å². The predicted octanol–water partition coefficient (Wildman–Crippen LogP) is 3.59. The number of aromatic nitrogens is 2. The maximum atomic E-state index is 13.4. The second-order valence-electron chi connectivity index (χ2n) is 3.59. The summed E-state index contributed by atoms with van der Waals surface area (Å²) in [5, 5.41) is 0. The summed E-state index contributed by atoms with van der Waals surface area (Å²) in [5.74, 6) is -1.42. The molecule has 0 aliphatic heterocycles. The number of nitrogens with zero attached hydrogens (tertiary/aromatic N) is 2. The molecule has 1 heterocycles. The maximum Gasteiger partial charge on any atom is 0.322 e. The minimum Gasteiger partial charge on any atom is -0.421 e. The molecule has 94 valence electrons.